The summed E-state index contributed by atoms with van der Waals surface area (Å²) in [4.78, 5) is 0. The van der Waals surface area contributed by atoms with Crippen LogP contribution in [0.3, 0.4) is 0 Å². The largest absolute Gasteiger partial charge is 0 e. The number of hydrogen-bond donors (Lipinski definition) is 0. The molecule has 0 fully saturated rings. The quantitative estimate of drug-likeness (QED) is 0.412. The minimum atomic E-state index is -0.500. The van der Waals surface area contributed by atoms with E-state index in [1.807, 2.05) is 0 Å². The van der Waals surface area contributed by atoms with E-state index in [-0.39, 0.29) is 19.8 Å². The molecule has 56 valence electrons. The molecule has 0 atom stereocenters. The fourth-order valence-corrected chi connectivity index (χ4v) is 0. The van der Waals surface area contributed by atoms with Crippen LogP contribution in [-0.2, 0) is 33.9 Å². The summed E-state index contributed by atoms with van der Waals surface area (Å²) < 4.78 is 24.8. The van der Waals surface area contributed by atoms with Crippen molar-refractivity contribution in [2.24, 2.45) is 0 Å². The van der Waals surface area contributed by atoms with Crippen LogP contribution in [0.25, 0.3) is 0 Å². The summed E-state index contributed by atoms with van der Waals surface area (Å²) in [5.74, 6) is 0. The van der Waals surface area contributed by atoms with Crippen molar-refractivity contribution >= 4 is 22.1 Å². The topological polar surface area (TPSA) is 120 Å². The molecule has 0 unspecified atom stereocenters. The van der Waals surface area contributed by atoms with E-state index >= 15 is 0 Å². The molecule has 0 bridgehead atoms. The molecule has 0 aliphatic carbocycles. The summed E-state index contributed by atoms with van der Waals surface area (Å²) in [6.45, 7) is 0. The average molecular weight is 319 g/mol. The standard InChI is InChI=1S/3BO2.Os/c3*2-1-3;/q3*-1;. The number of rotatable bonds is 0. The van der Waals surface area contributed by atoms with Crippen molar-refractivity contribution in [3.8, 4) is 0 Å². The molecule has 0 saturated heterocycles. The van der Waals surface area contributed by atoms with Crippen LogP contribution in [0.1, 0.15) is 0 Å². The van der Waals surface area contributed by atoms with Gasteiger partial charge in [0.05, 0.1) is 0 Å². The van der Waals surface area contributed by atoms with Crippen LogP contribution in [0.2, 0.25) is 0 Å². The zero-order valence-corrected chi connectivity index (χ0v) is 7.08. The molecule has 0 aliphatic heterocycles. The molecule has 0 aromatic heterocycles. The Hall–Kier alpha value is -0.369. The second kappa shape index (κ2) is 72.6. The van der Waals surface area contributed by atoms with E-state index in [9.17, 15) is 0 Å². The monoisotopic (exact) mass is 321 g/mol. The van der Waals surface area contributed by atoms with Crippen LogP contribution in [0.15, 0.2) is 0 Å². The summed E-state index contributed by atoms with van der Waals surface area (Å²) in [6.07, 6.45) is 0. The number of hydrogen-bond acceptors (Lipinski definition) is 6. The fraction of sp³-hybridized carbons (Fsp3) is 0. The van der Waals surface area contributed by atoms with Crippen LogP contribution in [0.5, 0.6) is 0 Å². The minimum absolute atomic E-state index is 0. The molecule has 0 heterocycles. The van der Waals surface area contributed by atoms with Gasteiger partial charge in [0.25, 0.3) is 0 Å². The van der Waals surface area contributed by atoms with E-state index in [0.717, 1.165) is 0 Å². The van der Waals surface area contributed by atoms with E-state index in [1.54, 1.807) is 0 Å². The third-order valence-electron chi connectivity index (χ3n) is 0. The molecule has 10 heavy (non-hydrogen) atoms. The Labute approximate surface area is 71.5 Å². The molecular formula is B3O6Os-3. The van der Waals surface area contributed by atoms with Crippen LogP contribution >= 0.6 is 0 Å². The molecule has 0 spiro atoms. The van der Waals surface area contributed by atoms with Gasteiger partial charge in [-0.2, -0.15) is 0 Å². The second-order valence-electron chi connectivity index (χ2n) is 0.289. The Bertz CT molecular complexity index is 49.7. The molecule has 0 aliphatic rings. The Kier molecular flexibility index (Phi) is 164. The average Bonchev–Trinajstić information content (AvgIpc) is 1.70. The van der Waals surface area contributed by atoms with Crippen molar-refractivity contribution in [1.82, 2.24) is 0 Å². The van der Waals surface area contributed by atoms with E-state index in [0.29, 0.717) is 0 Å². The van der Waals surface area contributed by atoms with Crippen LogP contribution in [-0.4, -0.2) is 22.1 Å². The predicted octanol–water partition coefficient (Wildman–Crippen LogP) is -5.07. The summed E-state index contributed by atoms with van der Waals surface area (Å²) >= 11 is 0. The third-order valence-corrected chi connectivity index (χ3v) is 0. The van der Waals surface area contributed by atoms with Gasteiger partial charge in [0.1, 0.15) is 0 Å². The van der Waals surface area contributed by atoms with E-state index in [4.69, 9.17) is 29.2 Å². The normalized spacial score (nSPS) is 2.40. The van der Waals surface area contributed by atoms with E-state index in [2.05, 4.69) is 0 Å². The van der Waals surface area contributed by atoms with Gasteiger partial charge in [-0.25, -0.2) is 0 Å². The summed E-state index contributed by atoms with van der Waals surface area (Å²) in [5, 5.41) is 24.8. The first-order valence-electron chi connectivity index (χ1n) is 1.41. The van der Waals surface area contributed by atoms with Crippen LogP contribution < -0.4 is 15.1 Å². The van der Waals surface area contributed by atoms with Gasteiger partial charge in [0, 0.05) is 19.8 Å². The molecule has 0 radical (unpaired) electrons. The second-order valence-corrected chi connectivity index (χ2v) is 0.289. The van der Waals surface area contributed by atoms with Gasteiger partial charge >= 0.3 is 51.2 Å². The van der Waals surface area contributed by atoms with Crippen LogP contribution in [0.4, 0.5) is 0 Å². The minimum Gasteiger partial charge on any atom is 0 e. The smallest absolute Gasteiger partial charge is 0 e. The molecule has 0 N–H and O–H groups in total. The first-order chi connectivity index (χ1) is 4.24. The zero-order chi connectivity index (χ0) is 8.12. The van der Waals surface area contributed by atoms with Crippen molar-refractivity contribution in [2.45, 2.75) is 0 Å². The predicted molar refractivity (Wildman–Crippen MR) is 19.3 cm³/mol. The maximum absolute atomic E-state index is 8.25. The van der Waals surface area contributed by atoms with Crippen molar-refractivity contribution in [3.63, 3.8) is 0 Å². The molecule has 0 amide bonds. The van der Waals surface area contributed by atoms with Crippen molar-refractivity contribution in [2.75, 3.05) is 0 Å². The molecule has 0 aromatic carbocycles. The Morgan fingerprint density at radius 2 is 0.700 bits per heavy atom. The van der Waals surface area contributed by atoms with Crippen LogP contribution in [0, 0.1) is 0 Å². The van der Waals surface area contributed by atoms with Crippen molar-refractivity contribution < 1.29 is 49.0 Å². The first-order valence-corrected chi connectivity index (χ1v) is 1.41. The molecule has 0 rings (SSSR count). The zero-order valence-electron chi connectivity index (χ0n) is 4.54. The van der Waals surface area contributed by atoms with Gasteiger partial charge in [0.2, 0.25) is 0 Å². The van der Waals surface area contributed by atoms with Gasteiger partial charge in [-0.05, 0) is 0 Å². The van der Waals surface area contributed by atoms with Crippen molar-refractivity contribution in [3.05, 3.63) is 0 Å². The molecule has 10 heteroatoms. The summed E-state index contributed by atoms with van der Waals surface area (Å²) in [6, 6.07) is 0. The molecular weight excluding hydrogens is 319 g/mol. The van der Waals surface area contributed by atoms with Gasteiger partial charge in [0.15, 0.2) is 0 Å². The first kappa shape index (κ1) is 22.6. The maximum Gasteiger partial charge on any atom is 0 e. The summed E-state index contributed by atoms with van der Waals surface area (Å²) in [5.41, 5.74) is 0. The summed E-state index contributed by atoms with van der Waals surface area (Å²) in [7, 11) is -1.50. The van der Waals surface area contributed by atoms with Gasteiger partial charge in [-0.15, -0.1) is 0 Å². The van der Waals surface area contributed by atoms with Crippen molar-refractivity contribution in [1.29, 1.82) is 0 Å². The molecule has 0 saturated carbocycles. The maximum atomic E-state index is 8.25. The van der Waals surface area contributed by atoms with E-state index < -0.39 is 22.1 Å². The van der Waals surface area contributed by atoms with Gasteiger partial charge in [-0.1, -0.05) is 0 Å². The van der Waals surface area contributed by atoms with E-state index in [1.165, 1.54) is 0 Å². The SMILES string of the molecule is O=B[O-].O=B[O-].O=B[O-].[Os]. The van der Waals surface area contributed by atoms with Gasteiger partial charge < -0.3 is 0 Å². The molecule has 6 nitrogen and oxygen atoms in total. The Morgan fingerprint density at radius 1 is 0.700 bits per heavy atom. The third kappa shape index (κ3) is 2470. The Morgan fingerprint density at radius 3 is 0.700 bits per heavy atom. The molecule has 0 aromatic rings. The Balaban J connectivity index is -0.0000000257. The fourth-order valence-electron chi connectivity index (χ4n) is 0. The van der Waals surface area contributed by atoms with Gasteiger partial charge in [-0.3, -0.25) is 0 Å².